The van der Waals surface area contributed by atoms with E-state index in [4.69, 9.17) is 34.8 Å². The Bertz CT molecular complexity index is 614. The Labute approximate surface area is 143 Å². The van der Waals surface area contributed by atoms with Gasteiger partial charge in [-0.25, -0.2) is 0 Å². The van der Waals surface area contributed by atoms with Gasteiger partial charge in [0, 0.05) is 5.69 Å². The zero-order valence-corrected chi connectivity index (χ0v) is 15.0. The molecule has 2 aromatic rings. The van der Waals surface area contributed by atoms with Crippen LogP contribution in [0.5, 0.6) is 0 Å². The summed E-state index contributed by atoms with van der Waals surface area (Å²) in [5.41, 5.74) is 2.39. The lowest BCUT2D eigenvalue weighted by molar-refractivity contribution is 0.591. The second kappa shape index (κ2) is 6.29. The van der Waals surface area contributed by atoms with E-state index in [1.807, 2.05) is 12.1 Å². The molecule has 1 aromatic heterocycles. The van der Waals surface area contributed by atoms with E-state index in [1.54, 1.807) is 0 Å². The summed E-state index contributed by atoms with van der Waals surface area (Å²) in [7, 11) is 0. The third-order valence-electron chi connectivity index (χ3n) is 2.87. The average molecular weight is 365 g/mol. The number of halogens is 3. The third-order valence-corrected chi connectivity index (χ3v) is 4.79. The van der Waals surface area contributed by atoms with Gasteiger partial charge in [0.25, 0.3) is 0 Å². The first-order chi connectivity index (χ1) is 9.68. The average Bonchev–Trinajstić information content (AvgIpc) is 2.84. The maximum absolute atomic E-state index is 5.79. The van der Waals surface area contributed by atoms with Gasteiger partial charge in [0.15, 0.2) is 5.01 Å². The van der Waals surface area contributed by atoms with Crippen LogP contribution in [0.4, 0.5) is 5.69 Å². The second-order valence-electron chi connectivity index (χ2n) is 5.65. The van der Waals surface area contributed by atoms with E-state index in [0.717, 1.165) is 10.7 Å². The molecule has 0 amide bonds. The fourth-order valence-corrected chi connectivity index (χ4v) is 3.01. The number of hydrogen-bond acceptors (Lipinski definition) is 4. The number of anilines is 1. The SMILES string of the molecule is CC(C)(C)c1ccccc1NCc1nnc(C(Cl)(Cl)Cl)s1. The Balaban J connectivity index is 2.12. The summed E-state index contributed by atoms with van der Waals surface area (Å²) in [6.07, 6.45) is 0. The van der Waals surface area contributed by atoms with E-state index in [2.05, 4.69) is 48.4 Å². The molecule has 0 aliphatic heterocycles. The highest BCUT2D eigenvalue weighted by molar-refractivity contribution is 7.12. The molecule has 0 saturated carbocycles. The van der Waals surface area contributed by atoms with Crippen LogP contribution in [0, 0.1) is 0 Å². The molecule has 0 aliphatic rings. The minimum Gasteiger partial charge on any atom is -0.378 e. The molecule has 0 spiro atoms. The summed E-state index contributed by atoms with van der Waals surface area (Å²) in [6.45, 7) is 7.09. The van der Waals surface area contributed by atoms with Crippen molar-refractivity contribution in [2.45, 2.75) is 36.5 Å². The lowest BCUT2D eigenvalue weighted by Gasteiger charge is -2.23. The molecule has 0 unspecified atom stereocenters. The number of para-hydroxylation sites is 1. The van der Waals surface area contributed by atoms with Crippen molar-refractivity contribution in [3.8, 4) is 0 Å². The van der Waals surface area contributed by atoms with Gasteiger partial charge < -0.3 is 5.32 Å². The number of nitrogens with zero attached hydrogens (tertiary/aromatic N) is 2. The van der Waals surface area contributed by atoms with Crippen LogP contribution in [0.2, 0.25) is 0 Å². The topological polar surface area (TPSA) is 37.8 Å². The molecule has 114 valence electrons. The van der Waals surface area contributed by atoms with Gasteiger partial charge >= 0.3 is 0 Å². The first-order valence-corrected chi connectivity index (χ1v) is 8.36. The molecule has 3 nitrogen and oxygen atoms in total. The van der Waals surface area contributed by atoms with E-state index in [-0.39, 0.29) is 5.41 Å². The molecule has 7 heteroatoms. The fourth-order valence-electron chi connectivity index (χ4n) is 1.90. The van der Waals surface area contributed by atoms with Gasteiger partial charge in [-0.2, -0.15) is 0 Å². The maximum Gasteiger partial charge on any atom is 0.243 e. The molecular weight excluding hydrogens is 349 g/mol. The molecule has 21 heavy (non-hydrogen) atoms. The molecule has 1 aromatic carbocycles. The minimum absolute atomic E-state index is 0.0629. The Kier molecular flexibility index (Phi) is 5.03. The molecule has 1 N–H and O–H groups in total. The third kappa shape index (κ3) is 4.46. The quantitative estimate of drug-likeness (QED) is 0.753. The molecule has 0 radical (unpaired) electrons. The molecule has 0 saturated heterocycles. The number of benzene rings is 1. The molecule has 0 aliphatic carbocycles. The van der Waals surface area contributed by atoms with Gasteiger partial charge in [0.2, 0.25) is 3.79 Å². The van der Waals surface area contributed by atoms with E-state index >= 15 is 0 Å². The van der Waals surface area contributed by atoms with E-state index in [0.29, 0.717) is 11.6 Å². The van der Waals surface area contributed by atoms with Crippen molar-refractivity contribution in [3.63, 3.8) is 0 Å². The van der Waals surface area contributed by atoms with Crippen LogP contribution >= 0.6 is 46.1 Å². The van der Waals surface area contributed by atoms with Gasteiger partial charge in [-0.1, -0.05) is 85.1 Å². The lowest BCUT2D eigenvalue weighted by Crippen LogP contribution is -2.14. The van der Waals surface area contributed by atoms with Crippen LogP contribution in [-0.4, -0.2) is 10.2 Å². The van der Waals surface area contributed by atoms with Crippen LogP contribution in [0.25, 0.3) is 0 Å². The Morgan fingerprint density at radius 3 is 2.33 bits per heavy atom. The summed E-state index contributed by atoms with van der Waals surface area (Å²) < 4.78 is -1.51. The fraction of sp³-hybridized carbons (Fsp3) is 0.429. The number of rotatable bonds is 3. The van der Waals surface area contributed by atoms with Gasteiger partial charge in [-0.15, -0.1) is 10.2 Å². The van der Waals surface area contributed by atoms with Crippen LogP contribution in [0.3, 0.4) is 0 Å². The summed E-state index contributed by atoms with van der Waals surface area (Å²) >= 11 is 18.7. The largest absolute Gasteiger partial charge is 0.378 e. The van der Waals surface area contributed by atoms with E-state index in [9.17, 15) is 0 Å². The predicted octanol–water partition coefficient (Wildman–Crippen LogP) is 5.27. The van der Waals surface area contributed by atoms with Gasteiger partial charge in [0.1, 0.15) is 5.01 Å². The summed E-state index contributed by atoms with van der Waals surface area (Å²) in [6, 6.07) is 8.22. The van der Waals surface area contributed by atoms with Crippen molar-refractivity contribution < 1.29 is 0 Å². The van der Waals surface area contributed by atoms with E-state index < -0.39 is 3.79 Å². The Morgan fingerprint density at radius 2 is 1.76 bits per heavy atom. The maximum atomic E-state index is 5.79. The normalized spacial score (nSPS) is 12.5. The summed E-state index contributed by atoms with van der Waals surface area (Å²) in [5, 5.41) is 12.5. The molecule has 0 bridgehead atoms. The van der Waals surface area contributed by atoms with Crippen molar-refractivity contribution in [2.24, 2.45) is 0 Å². The molecule has 0 atom stereocenters. The van der Waals surface area contributed by atoms with Crippen molar-refractivity contribution in [1.29, 1.82) is 0 Å². The van der Waals surface area contributed by atoms with Crippen molar-refractivity contribution in [3.05, 3.63) is 39.8 Å². The van der Waals surface area contributed by atoms with Crippen LogP contribution in [0.15, 0.2) is 24.3 Å². The van der Waals surface area contributed by atoms with E-state index in [1.165, 1.54) is 16.9 Å². The monoisotopic (exact) mass is 363 g/mol. The Hall–Kier alpha value is -0.550. The van der Waals surface area contributed by atoms with Crippen LogP contribution < -0.4 is 5.32 Å². The molecule has 0 fully saturated rings. The van der Waals surface area contributed by atoms with Crippen LogP contribution in [-0.2, 0) is 15.8 Å². The van der Waals surface area contributed by atoms with Gasteiger partial charge in [-0.05, 0) is 17.0 Å². The zero-order chi connectivity index (χ0) is 15.7. The van der Waals surface area contributed by atoms with Crippen molar-refractivity contribution >= 4 is 51.8 Å². The van der Waals surface area contributed by atoms with Crippen molar-refractivity contribution in [1.82, 2.24) is 10.2 Å². The highest BCUT2D eigenvalue weighted by atomic mass is 35.6. The zero-order valence-electron chi connectivity index (χ0n) is 12.0. The van der Waals surface area contributed by atoms with Crippen molar-refractivity contribution in [2.75, 3.05) is 5.32 Å². The minimum atomic E-state index is -1.51. The molecule has 2 rings (SSSR count). The van der Waals surface area contributed by atoms with Gasteiger partial charge in [0.05, 0.1) is 6.54 Å². The predicted molar refractivity (Wildman–Crippen MR) is 91.6 cm³/mol. The Morgan fingerprint density at radius 1 is 1.10 bits per heavy atom. The molecule has 1 heterocycles. The molecular formula is C14H16Cl3N3S. The number of aromatic nitrogens is 2. The van der Waals surface area contributed by atoms with Crippen LogP contribution in [0.1, 0.15) is 36.3 Å². The first-order valence-electron chi connectivity index (χ1n) is 6.41. The lowest BCUT2D eigenvalue weighted by atomic mass is 9.86. The smallest absolute Gasteiger partial charge is 0.243 e. The number of nitrogens with one attached hydrogen (secondary N) is 1. The number of hydrogen-bond donors (Lipinski definition) is 1. The standard InChI is InChI=1S/C14H16Cl3N3S/c1-13(2,3)9-6-4-5-7-10(9)18-8-11-19-20-12(21-11)14(15,16)17/h4-7,18H,8H2,1-3H3. The first kappa shape index (κ1) is 16.8. The highest BCUT2D eigenvalue weighted by Crippen LogP contribution is 2.39. The summed E-state index contributed by atoms with van der Waals surface area (Å²) in [5.74, 6) is 0. The summed E-state index contributed by atoms with van der Waals surface area (Å²) in [4.78, 5) is 0. The highest BCUT2D eigenvalue weighted by Gasteiger charge is 2.28. The van der Waals surface area contributed by atoms with Gasteiger partial charge in [-0.3, -0.25) is 0 Å². The number of alkyl halides is 3. The second-order valence-corrected chi connectivity index (χ2v) is 8.99.